The summed E-state index contributed by atoms with van der Waals surface area (Å²) in [6.07, 6.45) is 0. The summed E-state index contributed by atoms with van der Waals surface area (Å²) in [4.78, 5) is 20.4. The topological polar surface area (TPSA) is 118 Å². The van der Waals surface area contributed by atoms with Crippen LogP contribution in [0.25, 0.3) is 0 Å². The Kier molecular flexibility index (Phi) is 5.33. The van der Waals surface area contributed by atoms with Crippen LogP contribution < -0.4 is 10.0 Å². The van der Waals surface area contributed by atoms with Crippen molar-refractivity contribution in [1.82, 2.24) is 10.0 Å². The van der Waals surface area contributed by atoms with Gasteiger partial charge in [0, 0.05) is 12.6 Å². The second-order valence-corrected chi connectivity index (χ2v) is 5.88. The Morgan fingerprint density at radius 3 is 2.57 bits per heavy atom. The fraction of sp³-hybridized carbons (Fsp3) is 0.364. The second-order valence-electron chi connectivity index (χ2n) is 4.11. The van der Waals surface area contributed by atoms with Gasteiger partial charge in [0.25, 0.3) is 0 Å². The number of hydrogen-bond donors (Lipinski definition) is 2. The highest BCUT2D eigenvalue weighted by molar-refractivity contribution is 7.89. The minimum atomic E-state index is -4.15. The Morgan fingerprint density at radius 2 is 2.05 bits per heavy atom. The number of amides is 1. The van der Waals surface area contributed by atoms with E-state index in [1.807, 2.05) is 4.72 Å². The van der Waals surface area contributed by atoms with Gasteiger partial charge in [-0.25, -0.2) is 13.1 Å². The van der Waals surface area contributed by atoms with Gasteiger partial charge in [0.2, 0.25) is 21.7 Å². The van der Waals surface area contributed by atoms with Crippen LogP contribution in [0.2, 0.25) is 0 Å². The van der Waals surface area contributed by atoms with Gasteiger partial charge in [0.1, 0.15) is 0 Å². The van der Waals surface area contributed by atoms with Crippen LogP contribution in [0.4, 0.5) is 10.1 Å². The van der Waals surface area contributed by atoms with Crippen molar-refractivity contribution in [3.63, 3.8) is 0 Å². The molecule has 0 heterocycles. The standard InChI is InChI=1S/C11H14FN3O5S/c1-3-13-10(16)6-14-21(19,20)8-4-7(2)11(12)9(5-8)15(17)18/h4-5,14H,3,6H2,1-2H3,(H,13,16). The largest absolute Gasteiger partial charge is 0.355 e. The maximum absolute atomic E-state index is 13.5. The Morgan fingerprint density at radius 1 is 1.43 bits per heavy atom. The third-order valence-corrected chi connectivity index (χ3v) is 3.89. The van der Waals surface area contributed by atoms with E-state index in [1.54, 1.807) is 6.92 Å². The van der Waals surface area contributed by atoms with E-state index in [4.69, 9.17) is 0 Å². The molecule has 0 aromatic heterocycles. The first kappa shape index (κ1) is 17.0. The predicted octanol–water partition coefficient (Wildman–Crippen LogP) is 0.457. The minimum absolute atomic E-state index is 0.178. The van der Waals surface area contributed by atoms with E-state index in [-0.39, 0.29) is 5.56 Å². The van der Waals surface area contributed by atoms with Crippen LogP contribution in [0.1, 0.15) is 12.5 Å². The number of carbonyl (C=O) groups excluding carboxylic acids is 1. The van der Waals surface area contributed by atoms with Gasteiger partial charge in [-0.3, -0.25) is 14.9 Å². The van der Waals surface area contributed by atoms with Crippen LogP contribution in [0.15, 0.2) is 17.0 Å². The summed E-state index contributed by atoms with van der Waals surface area (Å²) >= 11 is 0. The summed E-state index contributed by atoms with van der Waals surface area (Å²) in [5.41, 5.74) is -1.11. The molecule has 0 aliphatic heterocycles. The van der Waals surface area contributed by atoms with Crippen LogP contribution in [-0.4, -0.2) is 32.3 Å². The van der Waals surface area contributed by atoms with E-state index in [2.05, 4.69) is 5.32 Å². The number of nitrogens with zero attached hydrogens (tertiary/aromatic N) is 1. The Hall–Kier alpha value is -2.07. The van der Waals surface area contributed by atoms with Gasteiger partial charge in [-0.1, -0.05) is 0 Å². The number of nitrogens with one attached hydrogen (secondary N) is 2. The van der Waals surface area contributed by atoms with Crippen LogP contribution >= 0.6 is 0 Å². The molecular weight excluding hydrogens is 305 g/mol. The molecule has 21 heavy (non-hydrogen) atoms. The van der Waals surface area contributed by atoms with Gasteiger partial charge in [-0.05, 0) is 25.5 Å². The molecule has 0 radical (unpaired) electrons. The second kappa shape index (κ2) is 6.59. The van der Waals surface area contributed by atoms with Gasteiger partial charge in [0.15, 0.2) is 0 Å². The van der Waals surface area contributed by atoms with Gasteiger partial charge < -0.3 is 5.32 Å². The van der Waals surface area contributed by atoms with Crippen molar-refractivity contribution in [1.29, 1.82) is 0 Å². The van der Waals surface area contributed by atoms with Crippen LogP contribution in [-0.2, 0) is 14.8 Å². The summed E-state index contributed by atoms with van der Waals surface area (Å²) < 4.78 is 39.4. The van der Waals surface area contributed by atoms with Crippen molar-refractivity contribution in [2.24, 2.45) is 0 Å². The van der Waals surface area contributed by atoms with Crippen molar-refractivity contribution in [2.45, 2.75) is 18.7 Å². The molecule has 0 fully saturated rings. The normalized spacial score (nSPS) is 11.2. The predicted molar refractivity (Wildman–Crippen MR) is 71.7 cm³/mol. The summed E-state index contributed by atoms with van der Waals surface area (Å²) in [5, 5.41) is 13.1. The molecule has 0 atom stereocenters. The molecule has 116 valence electrons. The van der Waals surface area contributed by atoms with Crippen LogP contribution in [0.3, 0.4) is 0 Å². The molecular formula is C11H14FN3O5S. The molecule has 1 aromatic carbocycles. The zero-order valence-corrected chi connectivity index (χ0v) is 12.2. The molecule has 0 unspecified atom stereocenters. The molecule has 2 N–H and O–H groups in total. The Balaban J connectivity index is 3.09. The molecule has 0 saturated carbocycles. The van der Waals surface area contributed by atoms with Crippen molar-refractivity contribution in [2.75, 3.05) is 13.1 Å². The minimum Gasteiger partial charge on any atom is -0.355 e. The number of likely N-dealkylation sites (N-methyl/N-ethyl adjacent to an activating group) is 1. The summed E-state index contributed by atoms with van der Waals surface area (Å²) in [6, 6.07) is 1.57. The van der Waals surface area contributed by atoms with Crippen molar-refractivity contribution in [3.05, 3.63) is 33.6 Å². The zero-order chi connectivity index (χ0) is 16.2. The van der Waals surface area contributed by atoms with Gasteiger partial charge >= 0.3 is 5.69 Å². The van der Waals surface area contributed by atoms with E-state index in [9.17, 15) is 27.7 Å². The lowest BCUT2D eigenvalue weighted by Crippen LogP contribution is -2.36. The molecule has 0 aliphatic carbocycles. The van der Waals surface area contributed by atoms with Gasteiger partial charge in [-0.15, -0.1) is 0 Å². The fourth-order valence-corrected chi connectivity index (χ4v) is 2.60. The number of aryl methyl sites for hydroxylation is 1. The molecule has 8 nitrogen and oxygen atoms in total. The number of nitro benzene ring substituents is 1. The summed E-state index contributed by atoms with van der Waals surface area (Å²) in [5.74, 6) is -1.64. The highest BCUT2D eigenvalue weighted by Crippen LogP contribution is 2.24. The van der Waals surface area contributed by atoms with E-state index in [0.29, 0.717) is 12.6 Å². The Labute approximate surface area is 120 Å². The number of nitro groups is 1. The van der Waals surface area contributed by atoms with Crippen molar-refractivity contribution < 1.29 is 22.5 Å². The molecule has 0 aliphatic rings. The maximum Gasteiger partial charge on any atom is 0.306 e. The smallest absolute Gasteiger partial charge is 0.306 e. The molecule has 0 saturated heterocycles. The average molecular weight is 319 g/mol. The Bertz CT molecular complexity index is 675. The van der Waals surface area contributed by atoms with Crippen LogP contribution in [0, 0.1) is 22.9 Å². The van der Waals surface area contributed by atoms with Gasteiger partial charge in [-0.2, -0.15) is 4.39 Å². The first-order chi connectivity index (χ1) is 9.69. The number of hydrogen-bond acceptors (Lipinski definition) is 5. The number of halogens is 1. The van der Waals surface area contributed by atoms with Crippen molar-refractivity contribution in [3.8, 4) is 0 Å². The van der Waals surface area contributed by atoms with E-state index in [0.717, 1.165) is 6.07 Å². The highest BCUT2D eigenvalue weighted by atomic mass is 32.2. The fourth-order valence-electron chi connectivity index (χ4n) is 1.51. The third kappa shape index (κ3) is 4.20. The lowest BCUT2D eigenvalue weighted by atomic mass is 10.2. The quantitative estimate of drug-likeness (QED) is 0.583. The first-order valence-electron chi connectivity index (χ1n) is 5.90. The lowest BCUT2D eigenvalue weighted by molar-refractivity contribution is -0.387. The first-order valence-corrected chi connectivity index (χ1v) is 7.38. The SMILES string of the molecule is CCNC(=O)CNS(=O)(=O)c1cc(C)c(F)c([N+](=O)[O-])c1. The van der Waals surface area contributed by atoms with E-state index >= 15 is 0 Å². The van der Waals surface area contributed by atoms with E-state index < -0.39 is 43.8 Å². The molecule has 0 bridgehead atoms. The van der Waals surface area contributed by atoms with Gasteiger partial charge in [0.05, 0.1) is 16.4 Å². The molecule has 1 rings (SSSR count). The number of rotatable bonds is 6. The summed E-state index contributed by atoms with van der Waals surface area (Å²) in [6.45, 7) is 2.70. The number of sulfonamides is 1. The zero-order valence-electron chi connectivity index (χ0n) is 11.3. The molecule has 10 heteroatoms. The molecule has 1 aromatic rings. The molecule has 1 amide bonds. The van der Waals surface area contributed by atoms with Crippen LogP contribution in [0.5, 0.6) is 0 Å². The third-order valence-electron chi connectivity index (χ3n) is 2.51. The summed E-state index contributed by atoms with van der Waals surface area (Å²) in [7, 11) is -4.15. The average Bonchev–Trinajstić information content (AvgIpc) is 2.39. The highest BCUT2D eigenvalue weighted by Gasteiger charge is 2.24. The lowest BCUT2D eigenvalue weighted by Gasteiger charge is -2.08. The number of benzene rings is 1. The maximum atomic E-state index is 13.5. The molecule has 0 spiro atoms. The van der Waals surface area contributed by atoms with Crippen molar-refractivity contribution >= 4 is 21.6 Å². The monoisotopic (exact) mass is 319 g/mol. The number of carbonyl (C=O) groups is 1. The van der Waals surface area contributed by atoms with E-state index in [1.165, 1.54) is 6.92 Å².